The van der Waals surface area contributed by atoms with Gasteiger partial charge in [-0.25, -0.2) is 4.79 Å². The Hall–Kier alpha value is -2.61. The molecule has 0 aliphatic heterocycles. The highest BCUT2D eigenvalue weighted by Gasteiger charge is 2.41. The second kappa shape index (κ2) is 12.2. The SMILES string of the molecule is [B]Cc1ccc(C(C)(C)C(NC)C(=O)NC(C(=O)N(C)C/C=C(\C)C(=O)O)C(C)(C)CC)cc1. The fraction of sp³-hybridized carbons (Fsp3) is 0.577. The minimum absolute atomic E-state index is 0.136. The van der Waals surface area contributed by atoms with Crippen LogP contribution in [0.1, 0.15) is 59.1 Å². The minimum Gasteiger partial charge on any atom is -0.478 e. The molecule has 1 aromatic carbocycles. The van der Waals surface area contributed by atoms with Crippen LogP contribution in [0.3, 0.4) is 0 Å². The number of rotatable bonds is 12. The van der Waals surface area contributed by atoms with E-state index in [4.69, 9.17) is 13.0 Å². The molecule has 2 radical (unpaired) electrons. The van der Waals surface area contributed by atoms with Gasteiger partial charge in [0.2, 0.25) is 11.8 Å². The van der Waals surface area contributed by atoms with Crippen molar-refractivity contribution >= 4 is 25.6 Å². The second-order valence-corrected chi connectivity index (χ2v) is 10.0. The summed E-state index contributed by atoms with van der Waals surface area (Å²) >= 11 is 0. The third kappa shape index (κ3) is 7.19. The van der Waals surface area contributed by atoms with Gasteiger partial charge in [0.1, 0.15) is 6.04 Å². The van der Waals surface area contributed by atoms with Crippen LogP contribution in [0.2, 0.25) is 0 Å². The van der Waals surface area contributed by atoms with Crippen LogP contribution < -0.4 is 10.6 Å². The molecule has 7 nitrogen and oxygen atoms in total. The number of hydrogen-bond donors (Lipinski definition) is 3. The lowest BCUT2D eigenvalue weighted by Gasteiger charge is -2.39. The van der Waals surface area contributed by atoms with Crippen LogP contribution in [0.25, 0.3) is 0 Å². The Bertz CT molecular complexity index is 894. The first-order valence-corrected chi connectivity index (χ1v) is 11.6. The molecule has 0 saturated carbocycles. The molecule has 0 aromatic heterocycles. The molecule has 1 rings (SSSR count). The van der Waals surface area contributed by atoms with Crippen LogP contribution >= 0.6 is 0 Å². The number of carboxylic acids is 1. The molecule has 2 atom stereocenters. The number of nitrogens with zero attached hydrogens (tertiary/aromatic N) is 1. The van der Waals surface area contributed by atoms with Crippen molar-refractivity contribution in [2.45, 2.75) is 71.8 Å². The van der Waals surface area contributed by atoms with Gasteiger partial charge in [-0.2, -0.15) is 0 Å². The van der Waals surface area contributed by atoms with E-state index in [9.17, 15) is 14.4 Å². The zero-order valence-corrected chi connectivity index (χ0v) is 21.9. The van der Waals surface area contributed by atoms with E-state index in [-0.39, 0.29) is 23.9 Å². The summed E-state index contributed by atoms with van der Waals surface area (Å²) in [5.74, 6) is -1.58. The number of hydrogen-bond acceptors (Lipinski definition) is 4. The molecule has 1 aromatic rings. The Kier molecular flexibility index (Phi) is 10.6. The maximum absolute atomic E-state index is 13.5. The molecule has 2 unspecified atom stereocenters. The highest BCUT2D eigenvalue weighted by molar-refractivity contribution is 6.08. The molecule has 34 heavy (non-hydrogen) atoms. The predicted molar refractivity (Wildman–Crippen MR) is 137 cm³/mol. The van der Waals surface area contributed by atoms with Gasteiger partial charge < -0.3 is 20.6 Å². The molecule has 0 fully saturated rings. The van der Waals surface area contributed by atoms with Gasteiger partial charge in [-0.3, -0.25) is 9.59 Å². The van der Waals surface area contributed by atoms with Gasteiger partial charge in [0.05, 0.1) is 13.9 Å². The number of likely N-dealkylation sites (N-methyl/N-ethyl adjacent to an activating group) is 2. The highest BCUT2D eigenvalue weighted by atomic mass is 16.4. The lowest BCUT2D eigenvalue weighted by Crippen LogP contribution is -2.61. The van der Waals surface area contributed by atoms with E-state index in [0.29, 0.717) is 12.7 Å². The molecule has 0 saturated heterocycles. The van der Waals surface area contributed by atoms with E-state index in [1.54, 1.807) is 14.1 Å². The van der Waals surface area contributed by atoms with Gasteiger partial charge in [0, 0.05) is 24.6 Å². The van der Waals surface area contributed by atoms with Gasteiger partial charge in [0.15, 0.2) is 0 Å². The number of carboxylic acid groups (broad SMARTS) is 1. The van der Waals surface area contributed by atoms with Crippen molar-refractivity contribution in [3.63, 3.8) is 0 Å². The summed E-state index contributed by atoms with van der Waals surface area (Å²) in [7, 11) is 9.05. The summed E-state index contributed by atoms with van der Waals surface area (Å²) in [5.41, 5.74) is 1.06. The van der Waals surface area contributed by atoms with Crippen LogP contribution in [-0.4, -0.2) is 68.4 Å². The van der Waals surface area contributed by atoms with Gasteiger partial charge in [-0.15, -0.1) is 0 Å². The lowest BCUT2D eigenvalue weighted by atomic mass is 9.76. The fourth-order valence-corrected chi connectivity index (χ4v) is 3.75. The van der Waals surface area contributed by atoms with Crippen LogP contribution in [0.15, 0.2) is 35.9 Å². The van der Waals surface area contributed by atoms with E-state index in [1.165, 1.54) is 17.9 Å². The fourth-order valence-electron chi connectivity index (χ4n) is 3.75. The number of carbonyl (C=O) groups is 3. The van der Waals surface area contributed by atoms with E-state index in [1.807, 2.05) is 58.9 Å². The normalized spacial score (nSPS) is 14.3. The zero-order valence-electron chi connectivity index (χ0n) is 21.9. The molecule has 0 aliphatic rings. The Labute approximate surface area is 205 Å². The Balaban J connectivity index is 3.20. The summed E-state index contributed by atoms with van der Waals surface area (Å²) in [4.78, 5) is 39.4. The first kappa shape index (κ1) is 29.4. The summed E-state index contributed by atoms with van der Waals surface area (Å²) in [6.07, 6.45) is 2.60. The van der Waals surface area contributed by atoms with E-state index < -0.39 is 28.9 Å². The van der Waals surface area contributed by atoms with Gasteiger partial charge in [0.25, 0.3) is 0 Å². The van der Waals surface area contributed by atoms with E-state index in [2.05, 4.69) is 10.6 Å². The molecule has 186 valence electrons. The van der Waals surface area contributed by atoms with Crippen molar-refractivity contribution in [3.05, 3.63) is 47.0 Å². The maximum Gasteiger partial charge on any atom is 0.331 e. The second-order valence-electron chi connectivity index (χ2n) is 10.0. The molecule has 3 N–H and O–H groups in total. The first-order chi connectivity index (χ1) is 15.7. The van der Waals surface area contributed by atoms with Crippen LogP contribution in [0.5, 0.6) is 0 Å². The first-order valence-electron chi connectivity index (χ1n) is 11.6. The average Bonchev–Trinajstić information content (AvgIpc) is 2.80. The summed E-state index contributed by atoms with van der Waals surface area (Å²) in [6.45, 7) is 11.4. The van der Waals surface area contributed by atoms with E-state index in [0.717, 1.165) is 11.1 Å². The number of amides is 2. The molecule has 0 bridgehead atoms. The number of nitrogens with one attached hydrogen (secondary N) is 2. The van der Waals surface area contributed by atoms with Gasteiger partial charge in [-0.05, 0) is 31.4 Å². The molecule has 8 heteroatoms. The summed E-state index contributed by atoms with van der Waals surface area (Å²) in [5, 5.41) is 15.2. The molecular formula is C26H40BN3O4. The lowest BCUT2D eigenvalue weighted by molar-refractivity contribution is -0.139. The standard InChI is InChI=1S/C26H40BN3O4/c1-9-25(3,4)21(23(32)30(8)15-14-17(2)24(33)34)29-22(31)20(28-7)26(5,6)19-12-10-18(16-27)11-13-19/h10-14,20-21,28H,9,15-16H2,1-8H3,(H,29,31)(H,33,34)/b17-14+. The molecule has 0 aliphatic carbocycles. The smallest absolute Gasteiger partial charge is 0.331 e. The molecule has 2 amide bonds. The quantitative estimate of drug-likeness (QED) is 0.323. The van der Waals surface area contributed by atoms with Crippen molar-refractivity contribution in [1.29, 1.82) is 0 Å². The summed E-state index contributed by atoms with van der Waals surface area (Å²) < 4.78 is 0. The van der Waals surface area contributed by atoms with E-state index >= 15 is 0 Å². The number of benzene rings is 1. The van der Waals surface area contributed by atoms with Crippen molar-refractivity contribution in [1.82, 2.24) is 15.5 Å². The zero-order chi connectivity index (χ0) is 26.3. The van der Waals surface area contributed by atoms with Crippen molar-refractivity contribution < 1.29 is 19.5 Å². The van der Waals surface area contributed by atoms with Crippen molar-refractivity contribution in [3.8, 4) is 0 Å². The Morgan fingerprint density at radius 3 is 2.12 bits per heavy atom. The van der Waals surface area contributed by atoms with Crippen molar-refractivity contribution in [2.75, 3.05) is 20.6 Å². The minimum atomic E-state index is -1.03. The van der Waals surface area contributed by atoms with Crippen LogP contribution in [0, 0.1) is 5.41 Å². The van der Waals surface area contributed by atoms with Crippen LogP contribution in [-0.2, 0) is 26.1 Å². The summed E-state index contributed by atoms with van der Waals surface area (Å²) in [6, 6.07) is 6.48. The Morgan fingerprint density at radius 2 is 1.68 bits per heavy atom. The highest BCUT2D eigenvalue weighted by Crippen LogP contribution is 2.30. The molecule has 0 heterocycles. The monoisotopic (exact) mass is 469 g/mol. The predicted octanol–water partition coefficient (Wildman–Crippen LogP) is 2.63. The third-order valence-corrected chi connectivity index (χ3v) is 6.82. The third-order valence-electron chi connectivity index (χ3n) is 6.82. The van der Waals surface area contributed by atoms with Gasteiger partial charge in [-0.1, -0.05) is 76.8 Å². The maximum atomic E-state index is 13.5. The van der Waals surface area contributed by atoms with Crippen LogP contribution in [0.4, 0.5) is 0 Å². The molecular weight excluding hydrogens is 429 g/mol. The molecule has 0 spiro atoms. The number of aliphatic carboxylic acids is 1. The number of carbonyl (C=O) groups excluding carboxylic acids is 2. The average molecular weight is 469 g/mol. The van der Waals surface area contributed by atoms with Gasteiger partial charge >= 0.3 is 5.97 Å². The van der Waals surface area contributed by atoms with Crippen molar-refractivity contribution in [2.24, 2.45) is 5.41 Å². The largest absolute Gasteiger partial charge is 0.478 e. The Morgan fingerprint density at radius 1 is 1.12 bits per heavy atom. The topological polar surface area (TPSA) is 98.7 Å².